The van der Waals surface area contributed by atoms with Crippen molar-refractivity contribution < 1.29 is 18.8 Å². The lowest BCUT2D eigenvalue weighted by Gasteiger charge is -2.36. The summed E-state index contributed by atoms with van der Waals surface area (Å²) >= 11 is 0. The van der Waals surface area contributed by atoms with Gasteiger partial charge in [-0.3, -0.25) is 4.79 Å². The van der Waals surface area contributed by atoms with Crippen molar-refractivity contribution >= 4 is 20.3 Å². The van der Waals surface area contributed by atoms with E-state index in [4.69, 9.17) is 9.16 Å². The Bertz CT molecular complexity index is 903. The Hall–Kier alpha value is -2.60. The van der Waals surface area contributed by atoms with E-state index >= 15 is 0 Å². The highest BCUT2D eigenvalue weighted by atomic mass is 28.4. The number of cyclic esters (lactones) is 1. The monoisotopic (exact) mass is 425 g/mol. The Kier molecular flexibility index (Phi) is 6.08. The lowest BCUT2D eigenvalue weighted by atomic mass is 10.0. The molecule has 0 radical (unpaired) electrons. The van der Waals surface area contributed by atoms with Crippen molar-refractivity contribution in [2.75, 3.05) is 0 Å². The molecule has 0 unspecified atom stereocenters. The van der Waals surface area contributed by atoms with Crippen LogP contribution in [-0.4, -0.2) is 31.3 Å². The van der Waals surface area contributed by atoms with E-state index in [0.29, 0.717) is 0 Å². The molecule has 0 N–H and O–H groups in total. The number of imide groups is 1. The second kappa shape index (κ2) is 8.26. The van der Waals surface area contributed by atoms with Crippen LogP contribution in [0.15, 0.2) is 54.6 Å². The number of ether oxygens (including phenoxy) is 1. The second-order valence-electron chi connectivity index (χ2n) is 9.40. The van der Waals surface area contributed by atoms with Crippen LogP contribution < -0.4 is 4.43 Å². The molecule has 2 amide bonds. The standard InChI is InChI=1S/C24H31NO4Si/c1-17-22(19-10-8-7-9-11-19)28-23(27)25(17)21(26)16-18-12-14-20(15-13-18)29-30(5,6)24(2,3)4/h7-15,17,22H,16H2,1-6H3/t17-,22-/m1/s1. The molecule has 0 aliphatic carbocycles. The molecule has 0 saturated carbocycles. The summed E-state index contributed by atoms with van der Waals surface area (Å²) in [6, 6.07) is 16.8. The maximum Gasteiger partial charge on any atom is 0.417 e. The lowest BCUT2D eigenvalue weighted by Crippen LogP contribution is -2.43. The molecule has 160 valence electrons. The molecule has 5 nitrogen and oxygen atoms in total. The molecule has 1 aliphatic heterocycles. The fraction of sp³-hybridized carbons (Fsp3) is 0.417. The van der Waals surface area contributed by atoms with Crippen LogP contribution in [-0.2, 0) is 16.0 Å². The van der Waals surface area contributed by atoms with Crippen LogP contribution in [0.1, 0.15) is 44.9 Å². The van der Waals surface area contributed by atoms with E-state index in [9.17, 15) is 9.59 Å². The van der Waals surface area contributed by atoms with Crippen LogP contribution in [0.5, 0.6) is 5.75 Å². The summed E-state index contributed by atoms with van der Waals surface area (Å²) in [5.74, 6) is 0.555. The van der Waals surface area contributed by atoms with Gasteiger partial charge in [-0.25, -0.2) is 9.69 Å². The van der Waals surface area contributed by atoms with Crippen LogP contribution in [0.25, 0.3) is 0 Å². The molecule has 1 saturated heterocycles. The topological polar surface area (TPSA) is 55.8 Å². The Morgan fingerprint density at radius 1 is 1.07 bits per heavy atom. The van der Waals surface area contributed by atoms with Gasteiger partial charge in [0.1, 0.15) is 11.9 Å². The summed E-state index contributed by atoms with van der Waals surface area (Å²) in [6.07, 6.45) is -0.885. The van der Waals surface area contributed by atoms with Crippen molar-refractivity contribution in [1.82, 2.24) is 4.90 Å². The van der Waals surface area contributed by atoms with Gasteiger partial charge >= 0.3 is 6.09 Å². The van der Waals surface area contributed by atoms with Crippen LogP contribution in [0, 0.1) is 0 Å². The van der Waals surface area contributed by atoms with Crippen LogP contribution in [0.4, 0.5) is 4.79 Å². The van der Waals surface area contributed by atoms with Gasteiger partial charge in [0.15, 0.2) is 0 Å². The molecule has 2 aromatic rings. The number of benzene rings is 2. The highest BCUT2D eigenvalue weighted by Crippen LogP contribution is 2.37. The summed E-state index contributed by atoms with van der Waals surface area (Å²) in [5.41, 5.74) is 1.73. The van der Waals surface area contributed by atoms with Gasteiger partial charge in [0.25, 0.3) is 0 Å². The van der Waals surface area contributed by atoms with Crippen molar-refractivity contribution in [3.63, 3.8) is 0 Å². The van der Waals surface area contributed by atoms with Gasteiger partial charge in [0.05, 0.1) is 12.5 Å². The van der Waals surface area contributed by atoms with Crippen LogP contribution >= 0.6 is 0 Å². The molecular formula is C24H31NO4Si. The zero-order valence-corrected chi connectivity index (χ0v) is 19.6. The van der Waals surface area contributed by atoms with Crippen molar-refractivity contribution in [2.45, 2.75) is 64.4 Å². The molecule has 3 rings (SSSR count). The third-order valence-electron chi connectivity index (χ3n) is 6.12. The molecule has 1 heterocycles. The average Bonchev–Trinajstić information content (AvgIpc) is 2.97. The fourth-order valence-corrected chi connectivity index (χ4v) is 4.30. The van der Waals surface area contributed by atoms with Gasteiger partial charge in [0, 0.05) is 0 Å². The number of amides is 2. The van der Waals surface area contributed by atoms with Crippen molar-refractivity contribution in [2.24, 2.45) is 0 Å². The SMILES string of the molecule is C[C@@H]1[C@H](c2ccccc2)OC(=O)N1C(=O)Cc1ccc(O[Si](C)(C)C(C)(C)C)cc1. The molecule has 30 heavy (non-hydrogen) atoms. The van der Waals surface area contributed by atoms with Gasteiger partial charge in [-0.1, -0.05) is 63.2 Å². The van der Waals surface area contributed by atoms with Crippen LogP contribution in [0.2, 0.25) is 18.1 Å². The first-order valence-corrected chi connectivity index (χ1v) is 13.3. The van der Waals surface area contributed by atoms with E-state index in [1.54, 1.807) is 0 Å². The number of nitrogens with zero attached hydrogens (tertiary/aromatic N) is 1. The average molecular weight is 426 g/mol. The summed E-state index contributed by atoms with van der Waals surface area (Å²) in [4.78, 5) is 26.5. The quantitative estimate of drug-likeness (QED) is 0.575. The fourth-order valence-electron chi connectivity index (χ4n) is 3.27. The summed E-state index contributed by atoms with van der Waals surface area (Å²) in [7, 11) is -1.91. The zero-order chi connectivity index (χ0) is 22.1. The molecule has 0 aromatic heterocycles. The second-order valence-corrected chi connectivity index (χ2v) is 14.1. The summed E-state index contributed by atoms with van der Waals surface area (Å²) in [6.45, 7) is 12.8. The summed E-state index contributed by atoms with van der Waals surface area (Å²) in [5, 5.41) is 0.114. The predicted molar refractivity (Wildman–Crippen MR) is 120 cm³/mol. The maximum absolute atomic E-state index is 12.9. The first kappa shape index (κ1) is 22.1. The number of carbonyl (C=O) groups excluding carboxylic acids is 2. The minimum Gasteiger partial charge on any atom is -0.544 e. The maximum atomic E-state index is 12.9. The van der Waals surface area contributed by atoms with Gasteiger partial charge in [-0.15, -0.1) is 0 Å². The van der Waals surface area contributed by atoms with Gasteiger partial charge in [-0.2, -0.15) is 0 Å². The third-order valence-corrected chi connectivity index (χ3v) is 10.5. The van der Waals surface area contributed by atoms with Gasteiger partial charge in [0.2, 0.25) is 14.2 Å². The number of hydrogen-bond donors (Lipinski definition) is 0. The summed E-state index contributed by atoms with van der Waals surface area (Å²) < 4.78 is 11.8. The third kappa shape index (κ3) is 4.59. The Balaban J connectivity index is 1.67. The highest BCUT2D eigenvalue weighted by Gasteiger charge is 2.43. The minimum atomic E-state index is -1.91. The van der Waals surface area contributed by atoms with Crippen molar-refractivity contribution in [3.05, 3.63) is 65.7 Å². The number of hydrogen-bond acceptors (Lipinski definition) is 4. The molecular weight excluding hydrogens is 394 g/mol. The zero-order valence-electron chi connectivity index (χ0n) is 18.6. The van der Waals surface area contributed by atoms with E-state index in [1.165, 1.54) is 4.90 Å². The van der Waals surface area contributed by atoms with E-state index < -0.39 is 20.5 Å². The van der Waals surface area contributed by atoms with Gasteiger partial charge < -0.3 is 9.16 Å². The largest absolute Gasteiger partial charge is 0.544 e. The smallest absolute Gasteiger partial charge is 0.417 e. The normalized spacial score (nSPS) is 19.5. The Morgan fingerprint density at radius 2 is 1.67 bits per heavy atom. The first-order valence-electron chi connectivity index (χ1n) is 10.4. The molecule has 2 atom stereocenters. The molecule has 2 aromatic carbocycles. The van der Waals surface area contributed by atoms with E-state index in [1.807, 2.05) is 61.5 Å². The molecule has 0 spiro atoms. The van der Waals surface area contributed by atoms with Crippen molar-refractivity contribution in [3.8, 4) is 5.75 Å². The van der Waals surface area contributed by atoms with Crippen LogP contribution in [0.3, 0.4) is 0 Å². The molecule has 1 aliphatic rings. The van der Waals surface area contributed by atoms with E-state index in [0.717, 1.165) is 16.9 Å². The van der Waals surface area contributed by atoms with Crippen molar-refractivity contribution in [1.29, 1.82) is 0 Å². The van der Waals surface area contributed by atoms with E-state index in [-0.39, 0.29) is 23.4 Å². The molecule has 0 bridgehead atoms. The number of rotatable bonds is 5. The highest BCUT2D eigenvalue weighted by molar-refractivity contribution is 6.74. The van der Waals surface area contributed by atoms with Gasteiger partial charge in [-0.05, 0) is 48.3 Å². The lowest BCUT2D eigenvalue weighted by molar-refractivity contribution is -0.128. The Morgan fingerprint density at radius 3 is 2.23 bits per heavy atom. The molecule has 6 heteroatoms. The first-order chi connectivity index (χ1) is 14.0. The molecule has 1 fully saturated rings. The Labute approximate surface area is 180 Å². The number of carbonyl (C=O) groups is 2. The minimum absolute atomic E-state index is 0.114. The van der Waals surface area contributed by atoms with E-state index in [2.05, 4.69) is 33.9 Å². The predicted octanol–water partition coefficient (Wildman–Crippen LogP) is 5.72.